The normalized spacial score (nSPS) is 8.00. The third kappa shape index (κ3) is 56.2. The van der Waals surface area contributed by atoms with Gasteiger partial charge in [-0.25, -0.2) is 0 Å². The zero-order valence-electron chi connectivity index (χ0n) is 12.1. The van der Waals surface area contributed by atoms with Crippen LogP contribution in [0, 0.1) is 0 Å². The van der Waals surface area contributed by atoms with Crippen molar-refractivity contribution in [3.8, 4) is 0 Å². The Bertz CT molecular complexity index is 388. The molecule has 0 aliphatic rings. The standard InChI is InChI=1S/C8H7.3C2H4O2.Pb/c1-2-8-6-4-3-5-7-8;3*1-2(3)4;/h1-7H;3*1H3,(H,3,4);. The molecule has 0 amide bonds. The summed E-state index contributed by atoms with van der Waals surface area (Å²) in [6.07, 6.45) is 2.15. The summed E-state index contributed by atoms with van der Waals surface area (Å²) in [6, 6.07) is 10.3. The van der Waals surface area contributed by atoms with Crippen LogP contribution in [0.25, 0.3) is 6.08 Å². The van der Waals surface area contributed by atoms with Gasteiger partial charge in [0.25, 0.3) is 17.9 Å². The Labute approximate surface area is 139 Å². The molecule has 1 rings (SSSR count). The van der Waals surface area contributed by atoms with Gasteiger partial charge in [-0.3, -0.25) is 14.4 Å². The van der Waals surface area contributed by atoms with Gasteiger partial charge in [-0.15, -0.1) is 0 Å². The SMILES string of the molecule is CC(=O)O.CC(=O)O.CC(=O)O.[Pb]/[CH]=C/c1ccccc1. The molecule has 0 spiro atoms. The number of carbonyl (C=O) groups is 3. The average Bonchev–Trinajstić information content (AvgIpc) is 2.28. The van der Waals surface area contributed by atoms with Crippen molar-refractivity contribution in [3.63, 3.8) is 0 Å². The Balaban J connectivity index is -0.000000230. The number of hydrogen-bond acceptors (Lipinski definition) is 3. The molecule has 0 saturated heterocycles. The summed E-state index contributed by atoms with van der Waals surface area (Å²) in [7, 11) is 0. The molecule has 6 nitrogen and oxygen atoms in total. The second-order valence-electron chi connectivity index (χ2n) is 3.30. The van der Waals surface area contributed by atoms with Crippen LogP contribution in [0.1, 0.15) is 26.3 Å². The predicted octanol–water partition coefficient (Wildman–Crippen LogP) is 2.10. The predicted molar refractivity (Wildman–Crippen MR) is 81.2 cm³/mol. The summed E-state index contributed by atoms with van der Waals surface area (Å²) >= 11 is 1.14. The molecular weight excluding hydrogens is 471 g/mol. The Morgan fingerprint density at radius 3 is 1.38 bits per heavy atom. The molecule has 1 aromatic rings. The van der Waals surface area contributed by atoms with Gasteiger partial charge in [0.2, 0.25) is 0 Å². The van der Waals surface area contributed by atoms with Gasteiger partial charge in [-0.1, -0.05) is 0 Å². The van der Waals surface area contributed by atoms with Crippen LogP contribution < -0.4 is 0 Å². The van der Waals surface area contributed by atoms with E-state index in [1.54, 1.807) is 0 Å². The van der Waals surface area contributed by atoms with Crippen LogP contribution in [0.5, 0.6) is 0 Å². The number of carboxylic acids is 3. The molecule has 0 atom stereocenters. The van der Waals surface area contributed by atoms with Crippen LogP contribution >= 0.6 is 0 Å². The molecule has 0 fully saturated rings. The van der Waals surface area contributed by atoms with Crippen molar-refractivity contribution in [2.75, 3.05) is 0 Å². The fraction of sp³-hybridized carbons (Fsp3) is 0.214. The molecule has 0 aromatic heterocycles. The van der Waals surface area contributed by atoms with E-state index in [1.807, 2.05) is 6.07 Å². The first-order chi connectivity index (χ1) is 9.63. The van der Waals surface area contributed by atoms with E-state index >= 15 is 0 Å². The van der Waals surface area contributed by atoms with E-state index in [2.05, 4.69) is 34.0 Å². The quantitative estimate of drug-likeness (QED) is 0.520. The van der Waals surface area contributed by atoms with Crippen molar-refractivity contribution < 1.29 is 29.7 Å². The molecule has 0 aliphatic heterocycles. The Morgan fingerprint density at radius 2 is 1.14 bits per heavy atom. The minimum absolute atomic E-state index is 0.833. The van der Waals surface area contributed by atoms with Crippen LogP contribution in [-0.4, -0.2) is 59.0 Å². The summed E-state index contributed by atoms with van der Waals surface area (Å²) in [5, 5.41) is 22.2. The zero-order valence-corrected chi connectivity index (χ0v) is 16.0. The van der Waals surface area contributed by atoms with Gasteiger partial charge in [0.1, 0.15) is 0 Å². The molecular formula is C14H19O6Pb. The molecule has 1 aromatic carbocycles. The van der Waals surface area contributed by atoms with Crippen molar-refractivity contribution in [2.45, 2.75) is 20.8 Å². The number of benzene rings is 1. The molecule has 3 radical (unpaired) electrons. The van der Waals surface area contributed by atoms with Crippen LogP contribution in [0.2, 0.25) is 0 Å². The first-order valence-electron chi connectivity index (χ1n) is 5.60. The van der Waals surface area contributed by atoms with E-state index in [9.17, 15) is 0 Å². The molecule has 0 unspecified atom stereocenters. The van der Waals surface area contributed by atoms with Gasteiger partial charge in [-0.05, 0) is 0 Å². The molecule has 115 valence electrons. The maximum atomic E-state index is 9.00. The Hall–Kier alpha value is -1.71. The number of rotatable bonds is 1. The second kappa shape index (κ2) is 18.3. The van der Waals surface area contributed by atoms with E-state index in [1.165, 1.54) is 5.56 Å². The summed E-state index contributed by atoms with van der Waals surface area (Å²) in [5.74, 6) is -2.50. The number of aliphatic carboxylic acids is 3. The second-order valence-corrected chi connectivity index (χ2v) is 4.60. The van der Waals surface area contributed by atoms with E-state index < -0.39 is 17.9 Å². The molecule has 0 aliphatic carbocycles. The average molecular weight is 491 g/mol. The van der Waals surface area contributed by atoms with Crippen LogP contribution in [0.3, 0.4) is 0 Å². The number of hydrogen-bond donors (Lipinski definition) is 3. The first-order valence-corrected chi connectivity index (χ1v) is 7.85. The zero-order chi connectivity index (χ0) is 17.3. The Kier molecular flexibility index (Phi) is 21.2. The van der Waals surface area contributed by atoms with E-state index in [-0.39, 0.29) is 0 Å². The van der Waals surface area contributed by atoms with Crippen molar-refractivity contribution >= 4 is 49.8 Å². The van der Waals surface area contributed by atoms with Crippen LogP contribution in [0.4, 0.5) is 0 Å². The summed E-state index contributed by atoms with van der Waals surface area (Å²) in [6.45, 7) is 3.25. The Morgan fingerprint density at radius 1 is 0.857 bits per heavy atom. The van der Waals surface area contributed by atoms with Crippen molar-refractivity contribution in [1.29, 1.82) is 0 Å². The molecule has 7 heteroatoms. The van der Waals surface area contributed by atoms with Crippen molar-refractivity contribution in [2.24, 2.45) is 0 Å². The third-order valence-electron chi connectivity index (χ3n) is 1.08. The molecule has 0 heterocycles. The molecule has 0 bridgehead atoms. The van der Waals surface area contributed by atoms with Gasteiger partial charge < -0.3 is 15.3 Å². The summed E-state index contributed by atoms with van der Waals surface area (Å²) < 4.78 is 2.18. The fourth-order valence-corrected chi connectivity index (χ4v) is 1.41. The van der Waals surface area contributed by atoms with Crippen molar-refractivity contribution in [1.82, 2.24) is 0 Å². The third-order valence-corrected chi connectivity index (χ3v) is 1.72. The van der Waals surface area contributed by atoms with Gasteiger partial charge in [0, 0.05) is 20.8 Å². The van der Waals surface area contributed by atoms with Crippen molar-refractivity contribution in [3.05, 3.63) is 39.5 Å². The monoisotopic (exact) mass is 491 g/mol. The maximum absolute atomic E-state index is 9.00. The van der Waals surface area contributed by atoms with Crippen LogP contribution in [-0.2, 0) is 14.4 Å². The van der Waals surface area contributed by atoms with Gasteiger partial charge in [0.05, 0.1) is 0 Å². The topological polar surface area (TPSA) is 112 Å². The summed E-state index contributed by atoms with van der Waals surface area (Å²) in [4.78, 5) is 27.0. The molecule has 3 N–H and O–H groups in total. The molecule has 0 saturated carbocycles. The fourth-order valence-electron chi connectivity index (χ4n) is 0.660. The first kappa shape index (κ1) is 24.3. The molecule has 21 heavy (non-hydrogen) atoms. The number of carboxylic acid groups (broad SMARTS) is 3. The minimum atomic E-state index is -0.833. The van der Waals surface area contributed by atoms with Gasteiger partial charge >= 0.3 is 71.4 Å². The van der Waals surface area contributed by atoms with E-state index in [4.69, 9.17) is 29.7 Å². The van der Waals surface area contributed by atoms with E-state index in [0.29, 0.717) is 0 Å². The van der Waals surface area contributed by atoms with E-state index in [0.717, 1.165) is 46.5 Å². The summed E-state index contributed by atoms with van der Waals surface area (Å²) in [5.41, 5.74) is 1.30. The van der Waals surface area contributed by atoms with Crippen LogP contribution in [0.15, 0.2) is 34.0 Å². The van der Waals surface area contributed by atoms with Gasteiger partial charge in [0.15, 0.2) is 0 Å². The van der Waals surface area contributed by atoms with Gasteiger partial charge in [-0.2, -0.15) is 0 Å².